The van der Waals surface area contributed by atoms with E-state index in [9.17, 15) is 13.2 Å². The summed E-state index contributed by atoms with van der Waals surface area (Å²) in [7, 11) is -3.31. The predicted octanol–water partition coefficient (Wildman–Crippen LogP) is 2.41. The van der Waals surface area contributed by atoms with Crippen molar-refractivity contribution in [2.45, 2.75) is 20.3 Å². The fraction of sp³-hybridized carbons (Fsp3) is 0.417. The van der Waals surface area contributed by atoms with Crippen LogP contribution in [0.15, 0.2) is 18.2 Å². The van der Waals surface area contributed by atoms with Gasteiger partial charge >= 0.3 is 0 Å². The molecule has 1 aromatic carbocycles. The van der Waals surface area contributed by atoms with Crippen molar-refractivity contribution in [3.05, 3.63) is 28.8 Å². The Balaban J connectivity index is 2.68. The molecule has 0 atom stereocenters. The van der Waals surface area contributed by atoms with Gasteiger partial charge in [0.1, 0.15) is 5.75 Å². The summed E-state index contributed by atoms with van der Waals surface area (Å²) in [6.45, 7) is 3.61. The molecular weight excluding hydrogens is 274 g/mol. The van der Waals surface area contributed by atoms with Gasteiger partial charge in [-0.3, -0.25) is 4.79 Å². The first kappa shape index (κ1) is 15.0. The Labute approximate surface area is 112 Å². The number of amides is 1. The number of hydrogen-bond donors (Lipinski definition) is 1. The quantitative estimate of drug-likeness (QED) is 0.905. The summed E-state index contributed by atoms with van der Waals surface area (Å²) in [6.07, 6.45) is 0.506. The molecular formula is C12H16ClNO3S. The lowest BCUT2D eigenvalue weighted by Crippen LogP contribution is -2.24. The van der Waals surface area contributed by atoms with Gasteiger partial charge in [0.2, 0.25) is 5.91 Å². The van der Waals surface area contributed by atoms with Crippen molar-refractivity contribution in [3.63, 3.8) is 0 Å². The van der Waals surface area contributed by atoms with Crippen molar-refractivity contribution in [1.29, 1.82) is 0 Å². The highest BCUT2D eigenvalue weighted by Crippen LogP contribution is 2.19. The Kier molecular flexibility index (Phi) is 5.16. The number of carbonyl (C=O) groups is 1. The highest BCUT2D eigenvalue weighted by atomic mass is 35.5. The Hall–Kier alpha value is -1.07. The van der Waals surface area contributed by atoms with E-state index in [0.29, 0.717) is 17.1 Å². The van der Waals surface area contributed by atoms with Crippen molar-refractivity contribution >= 4 is 33.0 Å². The smallest absolute Gasteiger partial charge is 0.239 e. The van der Waals surface area contributed by atoms with Crippen LogP contribution in [0.3, 0.4) is 0 Å². The van der Waals surface area contributed by atoms with Gasteiger partial charge in [-0.2, -0.15) is 0 Å². The van der Waals surface area contributed by atoms with E-state index in [1.54, 1.807) is 25.1 Å². The lowest BCUT2D eigenvalue weighted by atomic mass is 10.2. The van der Waals surface area contributed by atoms with Crippen LogP contribution in [0.5, 0.6) is 0 Å². The molecule has 0 spiro atoms. The normalized spacial score (nSPS) is 11.3. The van der Waals surface area contributed by atoms with Gasteiger partial charge in [-0.25, -0.2) is 8.42 Å². The Morgan fingerprint density at radius 3 is 2.61 bits per heavy atom. The molecule has 0 unspecified atom stereocenters. The monoisotopic (exact) mass is 289 g/mol. The van der Waals surface area contributed by atoms with E-state index < -0.39 is 21.5 Å². The molecule has 1 aromatic rings. The Morgan fingerprint density at radius 1 is 1.39 bits per heavy atom. The third-order valence-corrected chi connectivity index (χ3v) is 4.46. The maximum Gasteiger partial charge on any atom is 0.239 e. The van der Waals surface area contributed by atoms with Crippen LogP contribution in [-0.4, -0.2) is 25.8 Å². The average Bonchev–Trinajstić information content (AvgIpc) is 2.22. The lowest BCUT2D eigenvalue weighted by Gasteiger charge is -2.07. The molecule has 4 nitrogen and oxygen atoms in total. The fourth-order valence-corrected chi connectivity index (χ4v) is 2.87. The summed E-state index contributed by atoms with van der Waals surface area (Å²) in [4.78, 5) is 11.6. The van der Waals surface area contributed by atoms with Crippen LogP contribution < -0.4 is 5.32 Å². The number of aryl methyl sites for hydroxylation is 1. The van der Waals surface area contributed by atoms with E-state index in [2.05, 4.69) is 5.32 Å². The molecule has 0 heterocycles. The van der Waals surface area contributed by atoms with E-state index in [0.717, 1.165) is 5.56 Å². The number of carbonyl (C=O) groups excluding carboxylic acids is 1. The Bertz CT molecular complexity index is 540. The topological polar surface area (TPSA) is 63.2 Å². The van der Waals surface area contributed by atoms with Crippen LogP contribution in [0.4, 0.5) is 5.69 Å². The van der Waals surface area contributed by atoms with Gasteiger partial charge in [-0.1, -0.05) is 24.6 Å². The summed E-state index contributed by atoms with van der Waals surface area (Å²) in [5.74, 6) is -1.01. The van der Waals surface area contributed by atoms with Gasteiger partial charge in [-0.05, 0) is 31.0 Å². The molecule has 0 aliphatic heterocycles. The van der Waals surface area contributed by atoms with Crippen LogP contribution >= 0.6 is 11.6 Å². The van der Waals surface area contributed by atoms with Gasteiger partial charge in [0.15, 0.2) is 9.84 Å². The number of rotatable bonds is 5. The zero-order chi connectivity index (χ0) is 13.8. The average molecular weight is 290 g/mol. The van der Waals surface area contributed by atoms with Crippen LogP contribution in [0.2, 0.25) is 5.02 Å². The van der Waals surface area contributed by atoms with Crippen molar-refractivity contribution < 1.29 is 13.2 Å². The zero-order valence-corrected chi connectivity index (χ0v) is 11.9. The number of nitrogens with one attached hydrogen (secondary N) is 1. The predicted molar refractivity (Wildman–Crippen MR) is 73.8 cm³/mol. The number of benzene rings is 1. The van der Waals surface area contributed by atoms with Gasteiger partial charge in [-0.15, -0.1) is 0 Å². The van der Waals surface area contributed by atoms with Crippen LogP contribution in [0.1, 0.15) is 18.9 Å². The van der Waals surface area contributed by atoms with Crippen LogP contribution in [-0.2, 0) is 14.6 Å². The van der Waals surface area contributed by atoms with Gasteiger partial charge in [0, 0.05) is 10.7 Å². The minimum atomic E-state index is -3.31. The standard InChI is InChI=1S/C12H16ClNO3S/c1-3-6-18(16,17)8-12(15)14-10-5-4-9(2)11(13)7-10/h4-5,7H,3,6,8H2,1-2H3,(H,14,15). The summed E-state index contributed by atoms with van der Waals surface area (Å²) < 4.78 is 22.9. The van der Waals surface area contributed by atoms with Crippen molar-refractivity contribution in [1.82, 2.24) is 0 Å². The lowest BCUT2D eigenvalue weighted by molar-refractivity contribution is -0.113. The van der Waals surface area contributed by atoms with Gasteiger partial charge < -0.3 is 5.32 Å². The molecule has 1 N–H and O–H groups in total. The molecule has 0 aliphatic rings. The molecule has 18 heavy (non-hydrogen) atoms. The molecule has 0 fully saturated rings. The van der Waals surface area contributed by atoms with Gasteiger partial charge in [0.05, 0.1) is 5.75 Å². The maximum atomic E-state index is 11.6. The minimum absolute atomic E-state index is 0.0229. The minimum Gasteiger partial charge on any atom is -0.325 e. The van der Waals surface area contributed by atoms with Crippen LogP contribution in [0.25, 0.3) is 0 Å². The number of hydrogen-bond acceptors (Lipinski definition) is 3. The Morgan fingerprint density at radius 2 is 2.06 bits per heavy atom. The molecule has 100 valence electrons. The van der Waals surface area contributed by atoms with E-state index in [1.165, 1.54) is 0 Å². The second-order valence-corrected chi connectivity index (χ2v) is 6.70. The maximum absolute atomic E-state index is 11.6. The number of sulfone groups is 1. The molecule has 0 saturated heterocycles. The zero-order valence-electron chi connectivity index (χ0n) is 10.4. The third kappa shape index (κ3) is 4.66. The second-order valence-electron chi connectivity index (χ2n) is 4.10. The molecule has 0 aromatic heterocycles. The first-order valence-electron chi connectivity index (χ1n) is 5.60. The SMILES string of the molecule is CCCS(=O)(=O)CC(=O)Nc1ccc(C)c(Cl)c1. The van der Waals surface area contributed by atoms with Crippen LogP contribution in [0, 0.1) is 6.92 Å². The summed E-state index contributed by atoms with van der Waals surface area (Å²) in [6, 6.07) is 5.05. The van der Waals surface area contributed by atoms with Crippen molar-refractivity contribution in [2.24, 2.45) is 0 Å². The van der Waals surface area contributed by atoms with E-state index in [1.807, 2.05) is 6.92 Å². The largest absolute Gasteiger partial charge is 0.325 e. The van der Waals surface area contributed by atoms with Gasteiger partial charge in [0.25, 0.3) is 0 Å². The molecule has 0 aliphatic carbocycles. The summed E-state index contributed by atoms with van der Waals surface area (Å²) in [5.41, 5.74) is 1.40. The summed E-state index contributed by atoms with van der Waals surface area (Å²) in [5, 5.41) is 3.05. The van der Waals surface area contributed by atoms with E-state index in [-0.39, 0.29) is 5.75 Å². The molecule has 0 bridgehead atoms. The van der Waals surface area contributed by atoms with E-state index >= 15 is 0 Å². The summed E-state index contributed by atoms with van der Waals surface area (Å²) >= 11 is 5.91. The highest BCUT2D eigenvalue weighted by molar-refractivity contribution is 7.92. The molecule has 6 heteroatoms. The molecule has 0 radical (unpaired) electrons. The second kappa shape index (κ2) is 6.20. The first-order chi connectivity index (χ1) is 8.34. The van der Waals surface area contributed by atoms with Crippen molar-refractivity contribution in [3.8, 4) is 0 Å². The number of halogens is 1. The van der Waals surface area contributed by atoms with Crippen molar-refractivity contribution in [2.75, 3.05) is 16.8 Å². The first-order valence-corrected chi connectivity index (χ1v) is 7.80. The molecule has 0 saturated carbocycles. The van der Waals surface area contributed by atoms with E-state index in [4.69, 9.17) is 11.6 Å². The molecule has 1 amide bonds. The third-order valence-electron chi connectivity index (χ3n) is 2.32. The number of anilines is 1. The fourth-order valence-electron chi connectivity index (χ4n) is 1.45. The molecule has 1 rings (SSSR count). The highest BCUT2D eigenvalue weighted by Gasteiger charge is 2.15.